The van der Waals surface area contributed by atoms with Gasteiger partial charge in [-0.2, -0.15) is 0 Å². The molecule has 2 nitrogen and oxygen atoms in total. The smallest absolute Gasteiger partial charge is 0.121 e. The summed E-state index contributed by atoms with van der Waals surface area (Å²) >= 11 is 3.41. The van der Waals surface area contributed by atoms with Crippen LogP contribution in [0.3, 0.4) is 0 Å². The molecule has 0 aromatic heterocycles. The Labute approximate surface area is 115 Å². The molecule has 0 radical (unpaired) electrons. The molecule has 0 aliphatic carbocycles. The molecule has 2 aromatic carbocycles. The minimum atomic E-state index is -0.618. The number of hydrogen-bond acceptors (Lipinski definition) is 2. The number of aliphatic hydroxyl groups excluding tert-OH is 1. The maximum Gasteiger partial charge on any atom is 0.121 e. The number of halogens is 1. The third kappa shape index (κ3) is 2.74. The van der Waals surface area contributed by atoms with Crippen LogP contribution in [0.15, 0.2) is 46.9 Å². The first-order valence-electron chi connectivity index (χ1n) is 5.70. The molecule has 0 unspecified atom stereocenters. The molecule has 0 amide bonds. The summed E-state index contributed by atoms with van der Waals surface area (Å²) in [4.78, 5) is 0. The summed E-state index contributed by atoms with van der Waals surface area (Å²) in [6, 6.07) is 13.4. The van der Waals surface area contributed by atoms with Crippen molar-refractivity contribution in [2.75, 3.05) is 7.11 Å². The standard InChI is InChI=1S/C15H15BrO2/c1-10-8-12(6-7-14(10)18-2)15(17)11-4-3-5-13(16)9-11/h3-9,15,17H,1-2H3/t15-/m1/s1. The summed E-state index contributed by atoms with van der Waals surface area (Å²) in [6.45, 7) is 1.97. The van der Waals surface area contributed by atoms with Crippen LogP contribution < -0.4 is 4.74 Å². The van der Waals surface area contributed by atoms with Crippen LogP contribution in [0.1, 0.15) is 22.8 Å². The van der Waals surface area contributed by atoms with Gasteiger partial charge in [0.25, 0.3) is 0 Å². The lowest BCUT2D eigenvalue weighted by atomic mass is 10.00. The Hall–Kier alpha value is -1.32. The van der Waals surface area contributed by atoms with Gasteiger partial charge in [-0.1, -0.05) is 34.1 Å². The first kappa shape index (κ1) is 13.1. The van der Waals surface area contributed by atoms with Gasteiger partial charge in [0.05, 0.1) is 7.11 Å². The number of methoxy groups -OCH3 is 1. The maximum absolute atomic E-state index is 10.3. The van der Waals surface area contributed by atoms with Crippen LogP contribution in [0.25, 0.3) is 0 Å². The molecule has 2 rings (SSSR count). The van der Waals surface area contributed by atoms with E-state index in [-0.39, 0.29) is 0 Å². The largest absolute Gasteiger partial charge is 0.496 e. The molecule has 0 fully saturated rings. The Kier molecular flexibility index (Phi) is 4.04. The average molecular weight is 307 g/mol. The third-order valence-electron chi connectivity index (χ3n) is 2.90. The van der Waals surface area contributed by atoms with Gasteiger partial charge in [0.15, 0.2) is 0 Å². The van der Waals surface area contributed by atoms with Gasteiger partial charge in [-0.3, -0.25) is 0 Å². The fraction of sp³-hybridized carbons (Fsp3) is 0.200. The highest BCUT2D eigenvalue weighted by Crippen LogP contribution is 2.27. The minimum absolute atomic E-state index is 0.618. The minimum Gasteiger partial charge on any atom is -0.496 e. The van der Waals surface area contributed by atoms with Gasteiger partial charge < -0.3 is 9.84 Å². The van der Waals surface area contributed by atoms with Crippen molar-refractivity contribution in [1.82, 2.24) is 0 Å². The van der Waals surface area contributed by atoms with Crippen molar-refractivity contribution in [2.24, 2.45) is 0 Å². The van der Waals surface area contributed by atoms with Crippen molar-refractivity contribution >= 4 is 15.9 Å². The number of rotatable bonds is 3. The molecule has 18 heavy (non-hydrogen) atoms. The van der Waals surface area contributed by atoms with Crippen molar-refractivity contribution in [3.05, 3.63) is 63.6 Å². The number of hydrogen-bond donors (Lipinski definition) is 1. The Bertz CT molecular complexity index is 552. The molecule has 0 saturated heterocycles. The molecule has 0 spiro atoms. The van der Waals surface area contributed by atoms with E-state index in [2.05, 4.69) is 15.9 Å². The molecule has 0 saturated carbocycles. The van der Waals surface area contributed by atoms with Gasteiger partial charge in [0, 0.05) is 4.47 Å². The molecule has 0 aliphatic heterocycles. The van der Waals surface area contributed by atoms with Gasteiger partial charge in [-0.25, -0.2) is 0 Å². The van der Waals surface area contributed by atoms with Crippen molar-refractivity contribution in [3.63, 3.8) is 0 Å². The first-order chi connectivity index (χ1) is 8.61. The van der Waals surface area contributed by atoms with Crippen LogP contribution in [0, 0.1) is 6.92 Å². The SMILES string of the molecule is COc1ccc([C@H](O)c2cccc(Br)c2)cc1C. The van der Waals surface area contributed by atoms with Crippen molar-refractivity contribution in [2.45, 2.75) is 13.0 Å². The summed E-state index contributed by atoms with van der Waals surface area (Å²) in [5, 5.41) is 10.3. The Morgan fingerprint density at radius 2 is 1.83 bits per heavy atom. The van der Waals surface area contributed by atoms with E-state index in [0.29, 0.717) is 0 Å². The average Bonchev–Trinajstić information content (AvgIpc) is 2.37. The quantitative estimate of drug-likeness (QED) is 0.933. The van der Waals surface area contributed by atoms with E-state index in [0.717, 1.165) is 26.9 Å². The monoisotopic (exact) mass is 306 g/mol. The van der Waals surface area contributed by atoms with Gasteiger partial charge in [-0.05, 0) is 47.9 Å². The highest BCUT2D eigenvalue weighted by molar-refractivity contribution is 9.10. The maximum atomic E-state index is 10.3. The summed E-state index contributed by atoms with van der Waals surface area (Å²) in [5.74, 6) is 0.834. The zero-order valence-corrected chi connectivity index (χ0v) is 11.9. The molecular weight excluding hydrogens is 292 g/mol. The summed E-state index contributed by atoms with van der Waals surface area (Å²) in [5.41, 5.74) is 2.75. The van der Waals surface area contributed by atoms with E-state index in [1.54, 1.807) is 7.11 Å². The van der Waals surface area contributed by atoms with E-state index < -0.39 is 6.10 Å². The topological polar surface area (TPSA) is 29.5 Å². The zero-order chi connectivity index (χ0) is 13.1. The summed E-state index contributed by atoms with van der Waals surface area (Å²) in [7, 11) is 1.65. The van der Waals surface area contributed by atoms with Gasteiger partial charge >= 0.3 is 0 Å². The number of aliphatic hydroxyl groups is 1. The predicted octanol–water partition coefficient (Wildman–Crippen LogP) is 3.85. The second-order valence-corrected chi connectivity index (χ2v) is 5.10. The van der Waals surface area contributed by atoms with E-state index in [4.69, 9.17) is 4.74 Å². The van der Waals surface area contributed by atoms with E-state index >= 15 is 0 Å². The second kappa shape index (κ2) is 5.55. The molecule has 1 N–H and O–H groups in total. The van der Waals surface area contributed by atoms with Crippen molar-refractivity contribution < 1.29 is 9.84 Å². The number of benzene rings is 2. The normalized spacial score (nSPS) is 12.2. The molecular formula is C15H15BrO2. The fourth-order valence-corrected chi connectivity index (χ4v) is 2.36. The molecule has 0 aliphatic rings. The van der Waals surface area contributed by atoms with Crippen LogP contribution in [0.2, 0.25) is 0 Å². The Morgan fingerprint density at radius 3 is 2.44 bits per heavy atom. The highest BCUT2D eigenvalue weighted by Gasteiger charge is 2.12. The molecule has 94 valence electrons. The Morgan fingerprint density at radius 1 is 1.11 bits per heavy atom. The van der Waals surface area contributed by atoms with Crippen molar-refractivity contribution in [3.8, 4) is 5.75 Å². The van der Waals surface area contributed by atoms with Crippen molar-refractivity contribution in [1.29, 1.82) is 0 Å². The lowest BCUT2D eigenvalue weighted by Crippen LogP contribution is -2.00. The lowest BCUT2D eigenvalue weighted by molar-refractivity contribution is 0.220. The predicted molar refractivity (Wildman–Crippen MR) is 75.9 cm³/mol. The molecule has 0 bridgehead atoms. The molecule has 0 heterocycles. The number of ether oxygens (including phenoxy) is 1. The van der Waals surface area contributed by atoms with Gasteiger partial charge in [0.1, 0.15) is 11.9 Å². The first-order valence-corrected chi connectivity index (χ1v) is 6.49. The molecule has 3 heteroatoms. The van der Waals surface area contributed by atoms with E-state index in [9.17, 15) is 5.11 Å². The molecule has 1 atom stereocenters. The van der Waals surface area contributed by atoms with E-state index in [1.165, 1.54) is 0 Å². The summed E-state index contributed by atoms with van der Waals surface area (Å²) < 4.78 is 6.18. The van der Waals surface area contributed by atoms with Crippen LogP contribution >= 0.6 is 15.9 Å². The van der Waals surface area contributed by atoms with Gasteiger partial charge in [0.2, 0.25) is 0 Å². The fourth-order valence-electron chi connectivity index (χ4n) is 1.94. The highest BCUT2D eigenvalue weighted by atomic mass is 79.9. The van der Waals surface area contributed by atoms with E-state index in [1.807, 2.05) is 49.4 Å². The second-order valence-electron chi connectivity index (χ2n) is 4.19. The van der Waals surface area contributed by atoms with Crippen LogP contribution in [0.4, 0.5) is 0 Å². The summed E-state index contributed by atoms with van der Waals surface area (Å²) in [6.07, 6.45) is -0.618. The number of aryl methyl sites for hydroxylation is 1. The lowest BCUT2D eigenvalue weighted by Gasteiger charge is -2.14. The molecule has 2 aromatic rings. The van der Waals surface area contributed by atoms with Gasteiger partial charge in [-0.15, -0.1) is 0 Å². The zero-order valence-electron chi connectivity index (χ0n) is 10.4. The van der Waals surface area contributed by atoms with Crippen LogP contribution in [0.5, 0.6) is 5.75 Å². The van der Waals surface area contributed by atoms with Crippen LogP contribution in [-0.4, -0.2) is 12.2 Å². The Balaban J connectivity index is 2.34. The van der Waals surface area contributed by atoms with Crippen LogP contribution in [-0.2, 0) is 0 Å². The third-order valence-corrected chi connectivity index (χ3v) is 3.39.